The summed E-state index contributed by atoms with van der Waals surface area (Å²) in [5.41, 5.74) is 0.744. The first kappa shape index (κ1) is 16.2. The quantitative estimate of drug-likeness (QED) is 0.833. The van der Waals surface area contributed by atoms with Crippen molar-refractivity contribution in [3.63, 3.8) is 0 Å². The lowest BCUT2D eigenvalue weighted by molar-refractivity contribution is -0.139. The van der Waals surface area contributed by atoms with Crippen LogP contribution in [0.5, 0.6) is 5.75 Å². The normalized spacial score (nSPS) is 13.4. The van der Waals surface area contributed by atoms with E-state index in [9.17, 15) is 9.59 Å². The Morgan fingerprint density at radius 1 is 1.33 bits per heavy atom. The lowest BCUT2D eigenvalue weighted by Gasteiger charge is -2.09. The fourth-order valence-corrected chi connectivity index (χ4v) is 2.30. The van der Waals surface area contributed by atoms with E-state index >= 15 is 0 Å². The van der Waals surface area contributed by atoms with Gasteiger partial charge in [-0.1, -0.05) is 11.6 Å². The van der Waals surface area contributed by atoms with E-state index in [1.807, 2.05) is 0 Å². The van der Waals surface area contributed by atoms with Gasteiger partial charge < -0.3 is 15.2 Å². The number of nitrogens with one attached hydrogen (secondary N) is 1. The van der Waals surface area contributed by atoms with Crippen molar-refractivity contribution in [1.82, 2.24) is 9.97 Å². The number of carbonyl (C=O) groups is 2. The highest BCUT2D eigenvalue weighted by Gasteiger charge is 2.27. The maximum atomic E-state index is 12.3. The van der Waals surface area contributed by atoms with Gasteiger partial charge in [0.15, 0.2) is 6.61 Å². The second-order valence-electron chi connectivity index (χ2n) is 5.36. The van der Waals surface area contributed by atoms with Gasteiger partial charge in [0.2, 0.25) is 0 Å². The van der Waals surface area contributed by atoms with Crippen molar-refractivity contribution in [2.24, 2.45) is 0 Å². The van der Waals surface area contributed by atoms with Crippen molar-refractivity contribution < 1.29 is 19.4 Å². The summed E-state index contributed by atoms with van der Waals surface area (Å²) >= 11 is 6.02. The molecule has 1 fully saturated rings. The minimum absolute atomic E-state index is 0.204. The summed E-state index contributed by atoms with van der Waals surface area (Å²) in [4.78, 5) is 31.2. The molecule has 1 aromatic carbocycles. The van der Waals surface area contributed by atoms with Gasteiger partial charge in [0.25, 0.3) is 5.91 Å². The molecule has 1 aromatic heterocycles. The Morgan fingerprint density at radius 3 is 2.79 bits per heavy atom. The van der Waals surface area contributed by atoms with Crippen molar-refractivity contribution in [3.8, 4) is 5.75 Å². The fourth-order valence-electron chi connectivity index (χ4n) is 2.07. The molecule has 0 radical (unpaired) electrons. The Bertz CT molecular complexity index is 793. The van der Waals surface area contributed by atoms with Crippen LogP contribution < -0.4 is 10.1 Å². The summed E-state index contributed by atoms with van der Waals surface area (Å²) in [6, 6.07) is 6.10. The number of carboxylic acid groups (broad SMARTS) is 1. The number of aliphatic carboxylic acids is 1. The predicted octanol–water partition coefficient (Wildman–Crippen LogP) is 2.72. The average Bonchev–Trinajstić information content (AvgIpc) is 3.39. The highest BCUT2D eigenvalue weighted by molar-refractivity contribution is 6.32. The second-order valence-corrected chi connectivity index (χ2v) is 5.76. The number of halogens is 1. The highest BCUT2D eigenvalue weighted by atomic mass is 35.5. The molecule has 3 rings (SSSR count). The molecule has 0 aliphatic heterocycles. The van der Waals surface area contributed by atoms with Crippen LogP contribution in [0.4, 0.5) is 5.69 Å². The number of carbonyl (C=O) groups excluding carboxylic acids is 1. The van der Waals surface area contributed by atoms with E-state index in [0.717, 1.165) is 12.8 Å². The molecule has 7 nitrogen and oxygen atoms in total. The number of hydrogen-bond acceptors (Lipinski definition) is 5. The van der Waals surface area contributed by atoms with Crippen LogP contribution in [-0.2, 0) is 4.79 Å². The van der Waals surface area contributed by atoms with E-state index in [0.29, 0.717) is 17.4 Å². The lowest BCUT2D eigenvalue weighted by Crippen LogP contribution is -2.15. The number of hydrogen-bond donors (Lipinski definition) is 2. The summed E-state index contributed by atoms with van der Waals surface area (Å²) < 4.78 is 5.03. The molecule has 1 amide bonds. The molecule has 0 spiro atoms. The minimum atomic E-state index is -1.10. The summed E-state index contributed by atoms with van der Waals surface area (Å²) in [6.45, 7) is -0.490. The third-order valence-electron chi connectivity index (χ3n) is 3.39. The molecular weight excluding hydrogens is 334 g/mol. The molecular formula is C16H14ClN3O4. The van der Waals surface area contributed by atoms with E-state index in [-0.39, 0.29) is 22.4 Å². The maximum Gasteiger partial charge on any atom is 0.341 e. The van der Waals surface area contributed by atoms with Crippen LogP contribution in [0.25, 0.3) is 0 Å². The van der Waals surface area contributed by atoms with E-state index in [1.54, 1.807) is 18.3 Å². The zero-order chi connectivity index (χ0) is 17.1. The summed E-state index contributed by atoms with van der Waals surface area (Å²) in [5.74, 6) is -0.181. The molecule has 0 bridgehead atoms. The van der Waals surface area contributed by atoms with Gasteiger partial charge in [-0.3, -0.25) is 4.79 Å². The van der Waals surface area contributed by atoms with Gasteiger partial charge in [0.1, 0.15) is 17.3 Å². The Hall–Kier alpha value is -2.67. The van der Waals surface area contributed by atoms with Crippen molar-refractivity contribution in [3.05, 3.63) is 47.0 Å². The van der Waals surface area contributed by atoms with Gasteiger partial charge in [0, 0.05) is 17.8 Å². The smallest absolute Gasteiger partial charge is 0.341 e. The number of amides is 1. The van der Waals surface area contributed by atoms with Crippen molar-refractivity contribution in [2.75, 3.05) is 11.9 Å². The number of benzene rings is 1. The van der Waals surface area contributed by atoms with Gasteiger partial charge in [-0.25, -0.2) is 14.8 Å². The summed E-state index contributed by atoms with van der Waals surface area (Å²) in [6.07, 6.45) is 3.68. The number of rotatable bonds is 6. The van der Waals surface area contributed by atoms with Crippen molar-refractivity contribution in [2.45, 2.75) is 18.8 Å². The Kier molecular flexibility index (Phi) is 4.61. The third kappa shape index (κ3) is 3.99. The van der Waals surface area contributed by atoms with Gasteiger partial charge in [0.05, 0.1) is 5.02 Å². The summed E-state index contributed by atoms with van der Waals surface area (Å²) in [5, 5.41) is 11.5. The Morgan fingerprint density at radius 2 is 2.12 bits per heavy atom. The number of carboxylic acids is 1. The molecule has 1 heterocycles. The molecule has 1 aliphatic rings. The van der Waals surface area contributed by atoms with E-state index in [1.165, 1.54) is 12.1 Å². The molecule has 2 aromatic rings. The predicted molar refractivity (Wildman–Crippen MR) is 86.5 cm³/mol. The van der Waals surface area contributed by atoms with Gasteiger partial charge in [-0.2, -0.15) is 0 Å². The van der Waals surface area contributed by atoms with Crippen LogP contribution >= 0.6 is 11.6 Å². The van der Waals surface area contributed by atoms with E-state index < -0.39 is 12.6 Å². The number of anilines is 1. The van der Waals surface area contributed by atoms with Crippen LogP contribution in [0.2, 0.25) is 5.02 Å². The highest BCUT2D eigenvalue weighted by Crippen LogP contribution is 2.37. The molecule has 24 heavy (non-hydrogen) atoms. The molecule has 1 aliphatic carbocycles. The van der Waals surface area contributed by atoms with Gasteiger partial charge >= 0.3 is 5.97 Å². The first-order chi connectivity index (χ1) is 11.5. The molecule has 8 heteroatoms. The second kappa shape index (κ2) is 6.84. The van der Waals surface area contributed by atoms with Crippen LogP contribution in [0.15, 0.2) is 30.5 Å². The van der Waals surface area contributed by atoms with E-state index in [2.05, 4.69) is 15.3 Å². The first-order valence-electron chi connectivity index (χ1n) is 7.31. The largest absolute Gasteiger partial charge is 0.480 e. The Balaban J connectivity index is 1.69. The monoisotopic (exact) mass is 347 g/mol. The standard InChI is InChI=1S/C16H14ClN3O4/c17-11-7-10(3-4-13(11)24-8-14(21)22)19-16(23)12-5-6-18-15(20-12)9-1-2-9/h3-7,9H,1-2,8H2,(H,19,23)(H,21,22). The lowest BCUT2D eigenvalue weighted by atomic mass is 10.2. The zero-order valence-corrected chi connectivity index (χ0v) is 13.3. The van der Waals surface area contributed by atoms with Crippen LogP contribution in [0.3, 0.4) is 0 Å². The molecule has 2 N–H and O–H groups in total. The maximum absolute atomic E-state index is 12.3. The van der Waals surface area contributed by atoms with E-state index in [4.69, 9.17) is 21.4 Å². The Labute approximate surface area is 142 Å². The molecule has 0 atom stereocenters. The number of ether oxygens (including phenoxy) is 1. The third-order valence-corrected chi connectivity index (χ3v) is 3.69. The summed E-state index contributed by atoms with van der Waals surface area (Å²) in [7, 11) is 0. The molecule has 1 saturated carbocycles. The first-order valence-corrected chi connectivity index (χ1v) is 7.69. The topological polar surface area (TPSA) is 101 Å². The van der Waals surface area contributed by atoms with Gasteiger partial charge in [-0.15, -0.1) is 0 Å². The van der Waals surface area contributed by atoms with Crippen molar-refractivity contribution >= 4 is 29.2 Å². The number of nitrogens with zero attached hydrogens (tertiary/aromatic N) is 2. The van der Waals surface area contributed by atoms with Crippen molar-refractivity contribution in [1.29, 1.82) is 0 Å². The van der Waals surface area contributed by atoms with Crippen LogP contribution in [0.1, 0.15) is 35.1 Å². The SMILES string of the molecule is O=C(O)COc1ccc(NC(=O)c2ccnc(C3CC3)n2)cc1Cl. The average molecular weight is 348 g/mol. The fraction of sp³-hybridized carbons (Fsp3) is 0.250. The van der Waals surface area contributed by atoms with Crippen LogP contribution in [0, 0.1) is 0 Å². The number of aromatic nitrogens is 2. The molecule has 0 saturated heterocycles. The van der Waals surface area contributed by atoms with Gasteiger partial charge in [-0.05, 0) is 37.1 Å². The molecule has 124 valence electrons. The minimum Gasteiger partial charge on any atom is -0.480 e. The molecule has 0 unspecified atom stereocenters. The zero-order valence-electron chi connectivity index (χ0n) is 12.5. The van der Waals surface area contributed by atoms with Crippen LogP contribution in [-0.4, -0.2) is 33.6 Å².